The fourth-order valence-corrected chi connectivity index (χ4v) is 4.49. The summed E-state index contributed by atoms with van der Waals surface area (Å²) in [6.07, 6.45) is 0. The Bertz CT molecular complexity index is 1260. The van der Waals surface area contributed by atoms with Gasteiger partial charge in [0.25, 0.3) is 5.91 Å². The van der Waals surface area contributed by atoms with Gasteiger partial charge in [-0.25, -0.2) is 14.6 Å². The van der Waals surface area contributed by atoms with Crippen LogP contribution in [0.1, 0.15) is 33.1 Å². The van der Waals surface area contributed by atoms with Crippen LogP contribution in [0.2, 0.25) is 5.02 Å². The Labute approximate surface area is 209 Å². The number of carbonyl (C=O) groups excluding carboxylic acids is 1. The number of thioether (sulfide) groups is 1. The highest BCUT2D eigenvalue weighted by Crippen LogP contribution is 2.24. The van der Waals surface area contributed by atoms with E-state index in [1.54, 1.807) is 16.8 Å². The summed E-state index contributed by atoms with van der Waals surface area (Å²) in [6, 6.07) is 16.9. The molecular formula is C23H20BrClN6OS. The summed E-state index contributed by atoms with van der Waals surface area (Å²) in [4.78, 5) is 22.0. The zero-order chi connectivity index (χ0) is 23.4. The number of aryl methyl sites for hydroxylation is 2. The van der Waals surface area contributed by atoms with Gasteiger partial charge in [0, 0.05) is 33.2 Å². The zero-order valence-corrected chi connectivity index (χ0v) is 21.1. The molecule has 10 heteroatoms. The minimum atomic E-state index is -0.301. The van der Waals surface area contributed by atoms with Crippen molar-refractivity contribution in [2.75, 3.05) is 0 Å². The molecule has 2 aromatic carbocycles. The van der Waals surface area contributed by atoms with Gasteiger partial charge in [-0.2, -0.15) is 0 Å². The van der Waals surface area contributed by atoms with Gasteiger partial charge in [0.1, 0.15) is 0 Å². The first kappa shape index (κ1) is 23.4. The maximum Gasteiger partial charge on any atom is 0.274 e. The maximum absolute atomic E-state index is 13.0. The summed E-state index contributed by atoms with van der Waals surface area (Å²) in [5.74, 6) is 0.126. The third-order valence-corrected chi connectivity index (χ3v) is 6.35. The number of rotatable bonds is 7. The van der Waals surface area contributed by atoms with Crippen molar-refractivity contribution in [3.63, 3.8) is 0 Å². The lowest BCUT2D eigenvalue weighted by Crippen LogP contribution is -2.24. The highest BCUT2D eigenvalue weighted by Gasteiger charge is 2.21. The van der Waals surface area contributed by atoms with E-state index in [0.717, 1.165) is 27.1 Å². The molecular weight excluding hydrogens is 524 g/mol. The number of hydrogen-bond donors (Lipinski definition) is 1. The van der Waals surface area contributed by atoms with Gasteiger partial charge in [-0.3, -0.25) is 4.79 Å². The van der Waals surface area contributed by atoms with Crippen molar-refractivity contribution in [3.05, 3.63) is 92.4 Å². The normalized spacial score (nSPS) is 10.9. The van der Waals surface area contributed by atoms with Crippen molar-refractivity contribution in [1.82, 2.24) is 30.3 Å². The Kier molecular flexibility index (Phi) is 7.42. The van der Waals surface area contributed by atoms with E-state index in [0.29, 0.717) is 28.2 Å². The van der Waals surface area contributed by atoms with Crippen LogP contribution in [0.15, 0.2) is 64.2 Å². The lowest BCUT2D eigenvalue weighted by Gasteiger charge is -2.09. The molecule has 0 saturated carbocycles. The van der Waals surface area contributed by atoms with Crippen LogP contribution in [-0.2, 0) is 12.3 Å². The van der Waals surface area contributed by atoms with Crippen molar-refractivity contribution in [3.8, 4) is 5.69 Å². The predicted molar refractivity (Wildman–Crippen MR) is 133 cm³/mol. The molecule has 2 heterocycles. The number of nitrogens with one attached hydrogen (secondary N) is 1. The molecule has 0 aliphatic carbocycles. The SMILES string of the molecule is Cc1cc(C)nc(SCc2c(C(=O)NCc3ccc(Cl)cc3)nnn2-c2ccc(Br)cc2)n1. The monoisotopic (exact) mass is 542 g/mol. The van der Waals surface area contributed by atoms with Gasteiger partial charge in [-0.15, -0.1) is 5.10 Å². The molecule has 0 fully saturated rings. The first-order valence-electron chi connectivity index (χ1n) is 10.1. The quantitative estimate of drug-likeness (QED) is 0.251. The molecule has 0 saturated heterocycles. The van der Waals surface area contributed by atoms with Crippen LogP contribution < -0.4 is 5.32 Å². The van der Waals surface area contributed by atoms with Crippen molar-refractivity contribution in [2.24, 2.45) is 0 Å². The van der Waals surface area contributed by atoms with E-state index >= 15 is 0 Å². The number of benzene rings is 2. The van der Waals surface area contributed by atoms with Crippen LogP contribution in [0.3, 0.4) is 0 Å². The van der Waals surface area contributed by atoms with E-state index in [1.807, 2.05) is 56.3 Å². The molecule has 0 aliphatic rings. The van der Waals surface area contributed by atoms with Gasteiger partial charge in [0.05, 0.1) is 11.4 Å². The number of aromatic nitrogens is 5. The van der Waals surface area contributed by atoms with Gasteiger partial charge in [0.15, 0.2) is 10.9 Å². The minimum absolute atomic E-state index is 0.267. The second-order valence-corrected chi connectivity index (χ2v) is 9.60. The second kappa shape index (κ2) is 10.5. The molecule has 4 rings (SSSR count). The number of hydrogen-bond acceptors (Lipinski definition) is 6. The van der Waals surface area contributed by atoms with Crippen LogP contribution in [0.25, 0.3) is 5.69 Å². The molecule has 0 bridgehead atoms. The average molecular weight is 544 g/mol. The van der Waals surface area contributed by atoms with Crippen LogP contribution >= 0.6 is 39.3 Å². The molecule has 0 unspecified atom stereocenters. The molecule has 1 N–H and O–H groups in total. The number of amides is 1. The third kappa shape index (κ3) is 5.98. The van der Waals surface area contributed by atoms with E-state index < -0.39 is 0 Å². The number of halogens is 2. The van der Waals surface area contributed by atoms with Gasteiger partial charge in [-0.05, 0) is 61.9 Å². The van der Waals surface area contributed by atoms with Crippen LogP contribution in [0, 0.1) is 13.8 Å². The van der Waals surface area contributed by atoms with E-state index in [2.05, 4.69) is 41.5 Å². The Balaban J connectivity index is 1.60. The van der Waals surface area contributed by atoms with Crippen molar-refractivity contribution >= 4 is 45.2 Å². The van der Waals surface area contributed by atoms with Crippen LogP contribution in [0.5, 0.6) is 0 Å². The molecule has 168 valence electrons. The lowest BCUT2D eigenvalue weighted by molar-refractivity contribution is 0.0945. The fourth-order valence-electron chi connectivity index (χ4n) is 3.16. The smallest absolute Gasteiger partial charge is 0.274 e. The molecule has 7 nitrogen and oxygen atoms in total. The zero-order valence-electron chi connectivity index (χ0n) is 17.9. The Morgan fingerprint density at radius 1 is 1.06 bits per heavy atom. The summed E-state index contributed by atoms with van der Waals surface area (Å²) >= 11 is 10.8. The molecule has 4 aromatic rings. The van der Waals surface area contributed by atoms with Crippen LogP contribution in [0.4, 0.5) is 0 Å². The van der Waals surface area contributed by atoms with Gasteiger partial charge < -0.3 is 5.32 Å². The summed E-state index contributed by atoms with van der Waals surface area (Å²) in [6.45, 7) is 4.22. The highest BCUT2D eigenvalue weighted by molar-refractivity contribution is 9.10. The van der Waals surface area contributed by atoms with E-state index in [4.69, 9.17) is 11.6 Å². The Morgan fingerprint density at radius 2 is 1.73 bits per heavy atom. The standard InChI is InChI=1S/C23H20BrClN6OS/c1-14-11-15(2)28-23(27-14)33-13-20-21(22(32)26-12-16-3-7-18(25)8-4-16)29-30-31(20)19-9-5-17(24)6-10-19/h3-11H,12-13H2,1-2H3,(H,26,32). The minimum Gasteiger partial charge on any atom is -0.347 e. The molecule has 2 aromatic heterocycles. The Hall–Kier alpha value is -2.75. The second-order valence-electron chi connectivity index (χ2n) is 7.30. The molecule has 0 spiro atoms. The number of carbonyl (C=O) groups is 1. The van der Waals surface area contributed by atoms with E-state index in [-0.39, 0.29) is 11.6 Å². The van der Waals surface area contributed by atoms with E-state index in [9.17, 15) is 4.79 Å². The predicted octanol–water partition coefficient (Wildman–Crippen LogP) is 5.31. The molecule has 33 heavy (non-hydrogen) atoms. The summed E-state index contributed by atoms with van der Waals surface area (Å²) in [5.41, 5.74) is 4.46. The van der Waals surface area contributed by atoms with Crippen molar-refractivity contribution in [2.45, 2.75) is 31.3 Å². The van der Waals surface area contributed by atoms with Gasteiger partial charge >= 0.3 is 0 Å². The largest absolute Gasteiger partial charge is 0.347 e. The van der Waals surface area contributed by atoms with Crippen LogP contribution in [-0.4, -0.2) is 30.9 Å². The first-order valence-corrected chi connectivity index (χ1v) is 12.2. The highest BCUT2D eigenvalue weighted by atomic mass is 79.9. The van der Waals surface area contributed by atoms with Crippen molar-refractivity contribution in [1.29, 1.82) is 0 Å². The Morgan fingerprint density at radius 3 is 2.39 bits per heavy atom. The van der Waals surface area contributed by atoms with Gasteiger partial charge in [-0.1, -0.05) is 56.6 Å². The van der Waals surface area contributed by atoms with Crippen molar-refractivity contribution < 1.29 is 4.79 Å². The topological polar surface area (TPSA) is 85.6 Å². The molecule has 1 amide bonds. The average Bonchev–Trinajstić information content (AvgIpc) is 3.21. The fraction of sp³-hybridized carbons (Fsp3) is 0.174. The molecule has 0 aliphatic heterocycles. The van der Waals surface area contributed by atoms with Gasteiger partial charge in [0.2, 0.25) is 0 Å². The summed E-state index contributed by atoms with van der Waals surface area (Å²) in [7, 11) is 0. The summed E-state index contributed by atoms with van der Waals surface area (Å²) < 4.78 is 2.63. The molecule has 0 atom stereocenters. The van der Waals surface area contributed by atoms with E-state index in [1.165, 1.54) is 11.8 Å². The maximum atomic E-state index is 13.0. The lowest BCUT2D eigenvalue weighted by atomic mass is 10.2. The third-order valence-electron chi connectivity index (χ3n) is 4.72. The summed E-state index contributed by atoms with van der Waals surface area (Å²) in [5, 5.41) is 12.7. The molecule has 0 radical (unpaired) electrons. The first-order chi connectivity index (χ1) is 15.9. The number of nitrogens with zero attached hydrogens (tertiary/aromatic N) is 5.